The molecule has 0 aromatic heterocycles. The van der Waals surface area contributed by atoms with Crippen molar-refractivity contribution >= 4 is 11.4 Å². The second-order valence-electron chi connectivity index (χ2n) is 1.92. The molecule has 0 aliphatic carbocycles. The van der Waals surface area contributed by atoms with Crippen LogP contribution in [-0.2, 0) is 19.7 Å². The first-order chi connectivity index (χ1) is 4.16. The molecule has 1 aliphatic rings. The fourth-order valence-electron chi connectivity index (χ4n) is 0.425. The van der Waals surface area contributed by atoms with E-state index in [9.17, 15) is 4.21 Å². The van der Waals surface area contributed by atoms with E-state index in [1.807, 2.05) is 0 Å². The van der Waals surface area contributed by atoms with Crippen molar-refractivity contribution < 1.29 is 12.6 Å². The largest absolute Gasteiger partial charge is 0.306 e. The third-order valence-corrected chi connectivity index (χ3v) is 1.80. The smallest absolute Gasteiger partial charge is 0.264 e. The minimum Gasteiger partial charge on any atom is -0.264 e. The molecule has 50 valence electrons. The van der Waals surface area contributed by atoms with Gasteiger partial charge in [-0.05, 0) is 6.92 Å². The average Bonchev–Trinajstić information content (AvgIpc) is 2.13. The highest BCUT2D eigenvalue weighted by Crippen LogP contribution is 2.19. The van der Waals surface area contributed by atoms with Crippen molar-refractivity contribution in [1.82, 2.24) is 0 Å². The molecule has 0 radical (unpaired) electrons. The van der Waals surface area contributed by atoms with Crippen LogP contribution in [0.5, 0.6) is 0 Å². The fraction of sp³-hybridized carbons (Fsp3) is 0.600. The van der Waals surface area contributed by atoms with Gasteiger partial charge in [0.15, 0.2) is 5.60 Å². The Bertz CT molecular complexity index is 183. The topological polar surface area (TPSA) is 35.5 Å². The van der Waals surface area contributed by atoms with Gasteiger partial charge in [0.25, 0.3) is 0 Å². The summed E-state index contributed by atoms with van der Waals surface area (Å²) in [7, 11) is 0. The van der Waals surface area contributed by atoms with Crippen molar-refractivity contribution in [3.8, 4) is 12.3 Å². The second-order valence-corrected chi connectivity index (χ2v) is 2.74. The van der Waals surface area contributed by atoms with Gasteiger partial charge in [0.05, 0.1) is 0 Å². The number of hydrogen-bond donors (Lipinski definition) is 0. The Morgan fingerprint density at radius 1 is 1.89 bits per heavy atom. The van der Waals surface area contributed by atoms with Crippen molar-refractivity contribution in [2.45, 2.75) is 12.5 Å². The fourth-order valence-corrected chi connectivity index (χ4v) is 1.19. The van der Waals surface area contributed by atoms with E-state index < -0.39 is 17.0 Å². The first kappa shape index (κ1) is 6.75. The quantitative estimate of drug-likeness (QED) is 0.451. The SMILES string of the molecule is C#CC1(C)COS(=O)O1. The molecule has 1 heterocycles. The van der Waals surface area contributed by atoms with Gasteiger partial charge in [-0.25, -0.2) is 4.18 Å². The summed E-state index contributed by atoms with van der Waals surface area (Å²) >= 11 is -1.63. The average molecular weight is 146 g/mol. The van der Waals surface area contributed by atoms with E-state index in [4.69, 9.17) is 10.6 Å². The molecule has 0 N–H and O–H groups in total. The molecule has 2 unspecified atom stereocenters. The Balaban J connectivity index is 2.68. The van der Waals surface area contributed by atoms with Crippen molar-refractivity contribution in [2.24, 2.45) is 0 Å². The van der Waals surface area contributed by atoms with E-state index in [0.717, 1.165) is 0 Å². The molecule has 4 heteroatoms. The highest BCUT2D eigenvalue weighted by atomic mass is 32.2. The van der Waals surface area contributed by atoms with Gasteiger partial charge in [0.1, 0.15) is 6.61 Å². The van der Waals surface area contributed by atoms with E-state index in [2.05, 4.69) is 10.1 Å². The van der Waals surface area contributed by atoms with Crippen LogP contribution in [0.1, 0.15) is 6.92 Å². The van der Waals surface area contributed by atoms with Crippen molar-refractivity contribution in [3.63, 3.8) is 0 Å². The van der Waals surface area contributed by atoms with E-state index in [0.29, 0.717) is 0 Å². The summed E-state index contributed by atoms with van der Waals surface area (Å²) < 4.78 is 19.7. The normalized spacial score (nSPS) is 42.4. The van der Waals surface area contributed by atoms with Crippen LogP contribution in [0.3, 0.4) is 0 Å². The second kappa shape index (κ2) is 2.10. The zero-order chi connectivity index (χ0) is 6.91. The molecule has 0 amide bonds. The van der Waals surface area contributed by atoms with Crippen LogP contribution < -0.4 is 0 Å². The predicted molar refractivity (Wildman–Crippen MR) is 32.4 cm³/mol. The van der Waals surface area contributed by atoms with Gasteiger partial charge in [-0.2, -0.15) is 4.21 Å². The maximum absolute atomic E-state index is 10.4. The lowest BCUT2D eigenvalue weighted by Crippen LogP contribution is -2.23. The van der Waals surface area contributed by atoms with Crippen molar-refractivity contribution in [3.05, 3.63) is 0 Å². The summed E-state index contributed by atoms with van der Waals surface area (Å²) in [4.78, 5) is 0. The Morgan fingerprint density at radius 2 is 2.56 bits per heavy atom. The van der Waals surface area contributed by atoms with Crippen LogP contribution in [-0.4, -0.2) is 16.4 Å². The molecule has 2 atom stereocenters. The van der Waals surface area contributed by atoms with Crippen molar-refractivity contribution in [1.29, 1.82) is 0 Å². The Labute approximate surface area is 56.2 Å². The molecule has 0 spiro atoms. The van der Waals surface area contributed by atoms with Crippen LogP contribution in [0.2, 0.25) is 0 Å². The Kier molecular flexibility index (Phi) is 1.58. The standard InChI is InChI=1S/C5H6O3S/c1-3-5(2)4-7-9(6)8-5/h1H,4H2,2H3. The van der Waals surface area contributed by atoms with Crippen LogP contribution in [0.4, 0.5) is 0 Å². The Morgan fingerprint density at radius 3 is 2.78 bits per heavy atom. The van der Waals surface area contributed by atoms with Gasteiger partial charge in [-0.1, -0.05) is 5.92 Å². The summed E-state index contributed by atoms with van der Waals surface area (Å²) in [6.07, 6.45) is 5.04. The summed E-state index contributed by atoms with van der Waals surface area (Å²) in [6, 6.07) is 0. The lowest BCUT2D eigenvalue weighted by Gasteiger charge is -2.07. The number of rotatable bonds is 0. The third kappa shape index (κ3) is 1.30. The molecule has 1 saturated heterocycles. The molecule has 1 fully saturated rings. The lowest BCUT2D eigenvalue weighted by atomic mass is 10.1. The molecular weight excluding hydrogens is 140 g/mol. The van der Waals surface area contributed by atoms with E-state index >= 15 is 0 Å². The molecule has 0 bridgehead atoms. The summed E-state index contributed by atoms with van der Waals surface area (Å²) in [5.74, 6) is 2.33. The maximum Gasteiger partial charge on any atom is 0.306 e. The third-order valence-electron chi connectivity index (χ3n) is 0.988. The summed E-state index contributed by atoms with van der Waals surface area (Å²) in [5.41, 5.74) is -0.787. The van der Waals surface area contributed by atoms with E-state index in [1.165, 1.54) is 0 Å². The highest BCUT2D eigenvalue weighted by Gasteiger charge is 2.34. The minimum atomic E-state index is -1.63. The molecule has 3 nitrogen and oxygen atoms in total. The van der Waals surface area contributed by atoms with Gasteiger partial charge >= 0.3 is 11.4 Å². The molecular formula is C5H6O3S. The van der Waals surface area contributed by atoms with Gasteiger partial charge in [-0.3, -0.25) is 4.18 Å². The van der Waals surface area contributed by atoms with Crippen LogP contribution >= 0.6 is 0 Å². The minimum absolute atomic E-state index is 0.204. The Hall–Kier alpha value is -0.370. The molecule has 0 aromatic carbocycles. The zero-order valence-corrected chi connectivity index (χ0v) is 5.73. The van der Waals surface area contributed by atoms with Crippen molar-refractivity contribution in [2.75, 3.05) is 6.61 Å². The first-order valence-electron chi connectivity index (χ1n) is 2.39. The van der Waals surface area contributed by atoms with Gasteiger partial charge in [-0.15, -0.1) is 6.42 Å². The molecule has 0 saturated carbocycles. The van der Waals surface area contributed by atoms with E-state index in [1.54, 1.807) is 6.92 Å². The van der Waals surface area contributed by atoms with Gasteiger partial charge < -0.3 is 0 Å². The van der Waals surface area contributed by atoms with Crippen LogP contribution in [0.15, 0.2) is 0 Å². The zero-order valence-electron chi connectivity index (χ0n) is 4.92. The summed E-state index contributed by atoms with van der Waals surface area (Å²) in [6.45, 7) is 1.86. The molecule has 1 rings (SSSR count). The van der Waals surface area contributed by atoms with Gasteiger partial charge in [0, 0.05) is 0 Å². The number of hydrogen-bond acceptors (Lipinski definition) is 3. The maximum atomic E-state index is 10.4. The molecule has 1 aliphatic heterocycles. The number of terminal acetylenes is 1. The molecule has 0 aromatic rings. The molecule has 9 heavy (non-hydrogen) atoms. The lowest BCUT2D eigenvalue weighted by molar-refractivity contribution is 0.187. The first-order valence-corrected chi connectivity index (χ1v) is 3.39. The summed E-state index contributed by atoms with van der Waals surface area (Å²) in [5, 5.41) is 0. The van der Waals surface area contributed by atoms with Gasteiger partial charge in [0.2, 0.25) is 0 Å². The van der Waals surface area contributed by atoms with Crippen LogP contribution in [0, 0.1) is 12.3 Å². The van der Waals surface area contributed by atoms with E-state index in [-0.39, 0.29) is 6.61 Å². The highest BCUT2D eigenvalue weighted by molar-refractivity contribution is 7.75. The monoisotopic (exact) mass is 146 g/mol. The predicted octanol–water partition coefficient (Wildman–Crippen LogP) is 0.00380. The van der Waals surface area contributed by atoms with Crippen LogP contribution in [0.25, 0.3) is 0 Å².